The Hall–Kier alpha value is -1.42. The second kappa shape index (κ2) is 6.35. The van der Waals surface area contributed by atoms with E-state index in [1.54, 1.807) is 17.2 Å². The maximum atomic E-state index is 12.1. The van der Waals surface area contributed by atoms with Gasteiger partial charge in [-0.15, -0.1) is 0 Å². The van der Waals surface area contributed by atoms with E-state index in [-0.39, 0.29) is 11.9 Å². The molecule has 0 atom stereocenters. The number of nitrogens with zero attached hydrogens (tertiary/aromatic N) is 2. The Balaban J connectivity index is 2.80. The zero-order chi connectivity index (χ0) is 12.8. The molecule has 0 fully saturated rings. The lowest BCUT2D eigenvalue weighted by molar-refractivity contribution is 0.0717. The molecule has 0 aliphatic heterocycles. The smallest absolute Gasteiger partial charge is 0.272 e. The maximum absolute atomic E-state index is 12.1. The Kier molecular flexibility index (Phi) is 5.10. The zero-order valence-electron chi connectivity index (χ0n) is 10.8. The highest BCUT2D eigenvalue weighted by atomic mass is 16.2. The molecule has 1 aromatic rings. The number of rotatable bonds is 5. The van der Waals surface area contributed by atoms with E-state index in [0.29, 0.717) is 12.2 Å². The Labute approximate surface area is 103 Å². The third kappa shape index (κ3) is 3.27. The number of pyridine rings is 1. The summed E-state index contributed by atoms with van der Waals surface area (Å²) < 4.78 is 0. The normalized spacial score (nSPS) is 10.6. The van der Waals surface area contributed by atoms with E-state index >= 15 is 0 Å². The maximum Gasteiger partial charge on any atom is 0.272 e. The van der Waals surface area contributed by atoms with E-state index in [0.717, 1.165) is 18.4 Å². The van der Waals surface area contributed by atoms with Gasteiger partial charge in [0.25, 0.3) is 5.91 Å². The fraction of sp³-hybridized carbons (Fsp3) is 0.538. The molecule has 0 unspecified atom stereocenters. The van der Waals surface area contributed by atoms with E-state index in [4.69, 9.17) is 5.73 Å². The van der Waals surface area contributed by atoms with Crippen LogP contribution < -0.4 is 5.73 Å². The molecule has 94 valence electrons. The van der Waals surface area contributed by atoms with Crippen molar-refractivity contribution >= 4 is 5.91 Å². The SMILES string of the molecule is CCC(CC)N(C)C(=O)c1ccc(CN)cn1. The van der Waals surface area contributed by atoms with Crippen LogP contribution in [0.4, 0.5) is 0 Å². The van der Waals surface area contributed by atoms with Crippen molar-refractivity contribution in [2.24, 2.45) is 5.73 Å². The van der Waals surface area contributed by atoms with Crippen molar-refractivity contribution in [3.05, 3.63) is 29.6 Å². The van der Waals surface area contributed by atoms with E-state index in [2.05, 4.69) is 18.8 Å². The van der Waals surface area contributed by atoms with E-state index in [1.165, 1.54) is 0 Å². The summed E-state index contributed by atoms with van der Waals surface area (Å²) in [6.07, 6.45) is 3.58. The largest absolute Gasteiger partial charge is 0.337 e. The highest BCUT2D eigenvalue weighted by Crippen LogP contribution is 2.10. The van der Waals surface area contributed by atoms with Gasteiger partial charge < -0.3 is 10.6 Å². The predicted molar refractivity (Wildman–Crippen MR) is 68.6 cm³/mol. The topological polar surface area (TPSA) is 59.2 Å². The van der Waals surface area contributed by atoms with Gasteiger partial charge in [-0.1, -0.05) is 19.9 Å². The minimum absolute atomic E-state index is 0.0257. The van der Waals surface area contributed by atoms with Crippen LogP contribution in [0.15, 0.2) is 18.3 Å². The molecule has 0 bridgehead atoms. The third-order valence-electron chi connectivity index (χ3n) is 3.09. The van der Waals surface area contributed by atoms with Crippen molar-refractivity contribution in [3.8, 4) is 0 Å². The molecule has 1 rings (SSSR count). The Morgan fingerprint density at radius 3 is 2.47 bits per heavy atom. The number of amides is 1. The summed E-state index contributed by atoms with van der Waals surface area (Å²) in [6, 6.07) is 3.86. The fourth-order valence-corrected chi connectivity index (χ4v) is 1.85. The van der Waals surface area contributed by atoms with Gasteiger partial charge in [-0.2, -0.15) is 0 Å². The van der Waals surface area contributed by atoms with Crippen molar-refractivity contribution in [1.82, 2.24) is 9.88 Å². The first-order valence-electron chi connectivity index (χ1n) is 6.06. The van der Waals surface area contributed by atoms with Crippen LogP contribution in [-0.4, -0.2) is 28.9 Å². The van der Waals surface area contributed by atoms with Crippen molar-refractivity contribution in [2.75, 3.05) is 7.05 Å². The van der Waals surface area contributed by atoms with Gasteiger partial charge in [0.2, 0.25) is 0 Å². The fourth-order valence-electron chi connectivity index (χ4n) is 1.85. The van der Waals surface area contributed by atoms with Gasteiger partial charge in [0, 0.05) is 25.8 Å². The summed E-state index contributed by atoms with van der Waals surface area (Å²) in [4.78, 5) is 18.1. The molecule has 1 amide bonds. The van der Waals surface area contributed by atoms with Crippen LogP contribution >= 0.6 is 0 Å². The molecule has 0 saturated carbocycles. The summed E-state index contributed by atoms with van der Waals surface area (Å²) in [5, 5.41) is 0. The highest BCUT2D eigenvalue weighted by molar-refractivity contribution is 5.92. The van der Waals surface area contributed by atoms with Crippen LogP contribution in [0.2, 0.25) is 0 Å². The van der Waals surface area contributed by atoms with Crippen molar-refractivity contribution < 1.29 is 4.79 Å². The molecule has 0 spiro atoms. The second-order valence-electron chi connectivity index (χ2n) is 4.14. The van der Waals surface area contributed by atoms with Gasteiger partial charge in [0.15, 0.2) is 0 Å². The quantitative estimate of drug-likeness (QED) is 0.846. The Bertz CT molecular complexity index is 357. The van der Waals surface area contributed by atoms with Crippen molar-refractivity contribution in [2.45, 2.75) is 39.3 Å². The average molecular weight is 235 g/mol. The molecule has 4 nitrogen and oxygen atoms in total. The summed E-state index contributed by atoms with van der Waals surface area (Å²) >= 11 is 0. The standard InChI is InChI=1S/C13H21N3O/c1-4-11(5-2)16(3)13(17)12-7-6-10(8-14)9-15-12/h6-7,9,11H,4-5,8,14H2,1-3H3. The van der Waals surface area contributed by atoms with E-state index in [1.807, 2.05) is 13.1 Å². The van der Waals surface area contributed by atoms with Gasteiger partial charge in [0.05, 0.1) is 0 Å². The lowest BCUT2D eigenvalue weighted by Gasteiger charge is -2.25. The number of nitrogens with two attached hydrogens (primary N) is 1. The van der Waals surface area contributed by atoms with Gasteiger partial charge in [-0.3, -0.25) is 9.78 Å². The lowest BCUT2D eigenvalue weighted by atomic mass is 10.1. The van der Waals surface area contributed by atoms with Gasteiger partial charge in [0.1, 0.15) is 5.69 Å². The minimum atomic E-state index is -0.0257. The number of hydrogen-bond donors (Lipinski definition) is 1. The summed E-state index contributed by atoms with van der Waals surface area (Å²) in [5.41, 5.74) is 6.91. The van der Waals surface area contributed by atoms with Crippen LogP contribution in [0.3, 0.4) is 0 Å². The number of hydrogen-bond acceptors (Lipinski definition) is 3. The van der Waals surface area contributed by atoms with Crippen LogP contribution in [0.25, 0.3) is 0 Å². The first kappa shape index (κ1) is 13.6. The molecule has 0 aliphatic carbocycles. The third-order valence-corrected chi connectivity index (χ3v) is 3.09. The summed E-state index contributed by atoms with van der Waals surface area (Å²) in [7, 11) is 1.83. The Morgan fingerprint density at radius 1 is 1.41 bits per heavy atom. The second-order valence-corrected chi connectivity index (χ2v) is 4.14. The molecule has 1 heterocycles. The van der Waals surface area contributed by atoms with E-state index < -0.39 is 0 Å². The minimum Gasteiger partial charge on any atom is -0.337 e. The number of carbonyl (C=O) groups is 1. The molecule has 2 N–H and O–H groups in total. The molecule has 1 aromatic heterocycles. The molecule has 0 saturated heterocycles. The Morgan fingerprint density at radius 2 is 2.06 bits per heavy atom. The predicted octanol–water partition coefficient (Wildman–Crippen LogP) is 1.80. The van der Waals surface area contributed by atoms with Crippen LogP contribution in [0, 0.1) is 0 Å². The van der Waals surface area contributed by atoms with Gasteiger partial charge in [-0.25, -0.2) is 0 Å². The lowest BCUT2D eigenvalue weighted by Crippen LogP contribution is -2.36. The van der Waals surface area contributed by atoms with Crippen molar-refractivity contribution in [1.29, 1.82) is 0 Å². The van der Waals surface area contributed by atoms with Crippen LogP contribution in [0.5, 0.6) is 0 Å². The average Bonchev–Trinajstić information content (AvgIpc) is 2.39. The molecule has 17 heavy (non-hydrogen) atoms. The van der Waals surface area contributed by atoms with Crippen LogP contribution in [0.1, 0.15) is 42.7 Å². The first-order valence-corrected chi connectivity index (χ1v) is 6.06. The molecule has 0 aromatic carbocycles. The monoisotopic (exact) mass is 235 g/mol. The molecule has 4 heteroatoms. The van der Waals surface area contributed by atoms with Gasteiger partial charge >= 0.3 is 0 Å². The van der Waals surface area contributed by atoms with E-state index in [9.17, 15) is 4.79 Å². The zero-order valence-corrected chi connectivity index (χ0v) is 10.8. The van der Waals surface area contributed by atoms with Crippen molar-refractivity contribution in [3.63, 3.8) is 0 Å². The number of aromatic nitrogens is 1. The number of carbonyl (C=O) groups excluding carboxylic acids is 1. The molecular formula is C13H21N3O. The molecule has 0 aliphatic rings. The van der Waals surface area contributed by atoms with Gasteiger partial charge in [-0.05, 0) is 24.5 Å². The highest BCUT2D eigenvalue weighted by Gasteiger charge is 2.18. The summed E-state index contributed by atoms with van der Waals surface area (Å²) in [5.74, 6) is -0.0257. The van der Waals surface area contributed by atoms with Crippen LogP contribution in [-0.2, 0) is 6.54 Å². The first-order chi connectivity index (χ1) is 8.13. The molecular weight excluding hydrogens is 214 g/mol. The summed E-state index contributed by atoms with van der Waals surface area (Å²) in [6.45, 7) is 4.62. The molecule has 0 radical (unpaired) electrons.